The maximum Gasteiger partial charge on any atom is 0.0431 e. The summed E-state index contributed by atoms with van der Waals surface area (Å²) in [6, 6.07) is 0. The van der Waals surface area contributed by atoms with Crippen LogP contribution in [0.5, 0.6) is 0 Å². The van der Waals surface area contributed by atoms with Gasteiger partial charge in [-0.2, -0.15) is 0 Å². The predicted octanol–water partition coefficient (Wildman–Crippen LogP) is 0.473. The number of hydrazine groups is 1. The van der Waals surface area contributed by atoms with Crippen molar-refractivity contribution >= 4 is 0 Å². The maximum atomic E-state index is 9.99. The Morgan fingerprint density at radius 1 is 1.27 bits per heavy atom. The quantitative estimate of drug-likeness (QED) is 0.421. The topological polar surface area (TPSA) is 58.6 Å². The van der Waals surface area contributed by atoms with Crippen molar-refractivity contribution in [3.8, 4) is 0 Å². The standard InChI is InChI=1S/C7H17N2O2/c1-9(8-11)6-4-2-3-5-7-10/h8,10H,2-7H2,1H3/q-1. The molecule has 0 saturated carbocycles. The first kappa shape index (κ1) is 10.8. The molecule has 0 spiro atoms. The van der Waals surface area contributed by atoms with E-state index < -0.39 is 0 Å². The van der Waals surface area contributed by atoms with Gasteiger partial charge in [0.25, 0.3) is 0 Å². The molecule has 0 aliphatic carbocycles. The highest BCUT2D eigenvalue weighted by Gasteiger charge is 1.91. The van der Waals surface area contributed by atoms with Gasteiger partial charge >= 0.3 is 0 Å². The Bertz CT molecular complexity index is 80.8. The molecule has 11 heavy (non-hydrogen) atoms. The van der Waals surface area contributed by atoms with Gasteiger partial charge < -0.3 is 15.9 Å². The van der Waals surface area contributed by atoms with Crippen LogP contribution in [-0.4, -0.2) is 30.3 Å². The molecule has 0 aliphatic rings. The van der Waals surface area contributed by atoms with Crippen LogP contribution in [-0.2, 0) is 0 Å². The summed E-state index contributed by atoms with van der Waals surface area (Å²) in [5.74, 6) is 0. The fourth-order valence-electron chi connectivity index (χ4n) is 0.860. The Morgan fingerprint density at radius 3 is 2.45 bits per heavy atom. The van der Waals surface area contributed by atoms with Crippen molar-refractivity contribution in [2.24, 2.45) is 0 Å². The SMILES string of the molecule is CN(CCCCCCO)N[O-]. The van der Waals surface area contributed by atoms with Crippen LogP contribution in [0.3, 0.4) is 0 Å². The molecule has 0 amide bonds. The van der Waals surface area contributed by atoms with Gasteiger partial charge in [-0.15, -0.1) is 0 Å². The fourth-order valence-corrected chi connectivity index (χ4v) is 0.860. The Hall–Kier alpha value is -0.160. The Kier molecular flexibility index (Phi) is 7.83. The van der Waals surface area contributed by atoms with E-state index in [9.17, 15) is 5.21 Å². The van der Waals surface area contributed by atoms with Crippen molar-refractivity contribution in [2.45, 2.75) is 25.7 Å². The molecule has 0 unspecified atom stereocenters. The zero-order valence-corrected chi connectivity index (χ0v) is 7.05. The molecule has 2 N–H and O–H groups in total. The summed E-state index contributed by atoms with van der Waals surface area (Å²) < 4.78 is 0. The number of nitrogens with zero attached hydrogens (tertiary/aromatic N) is 1. The van der Waals surface area contributed by atoms with E-state index in [1.807, 2.05) is 0 Å². The summed E-state index contributed by atoms with van der Waals surface area (Å²) in [6.07, 6.45) is 4.00. The number of hydrogen-bond acceptors (Lipinski definition) is 4. The Balaban J connectivity index is 2.89. The molecular formula is C7H17N2O2-. The predicted molar refractivity (Wildman–Crippen MR) is 44.7 cm³/mol. The Morgan fingerprint density at radius 2 is 1.91 bits per heavy atom. The molecule has 4 heteroatoms. The third kappa shape index (κ3) is 7.74. The van der Waals surface area contributed by atoms with Gasteiger partial charge in [-0.05, 0) is 12.8 Å². The average Bonchev–Trinajstić information content (AvgIpc) is 2.04. The first-order valence-electron chi connectivity index (χ1n) is 4.01. The third-order valence-corrected chi connectivity index (χ3v) is 1.56. The van der Waals surface area contributed by atoms with Crippen LogP contribution in [0.4, 0.5) is 0 Å². The number of aliphatic hydroxyl groups is 1. The molecule has 0 aromatic rings. The highest BCUT2D eigenvalue weighted by atomic mass is 16.5. The number of aliphatic hydroxyl groups excluding tert-OH is 1. The number of hydrogen-bond donors (Lipinski definition) is 2. The summed E-state index contributed by atoms with van der Waals surface area (Å²) in [6.45, 7) is 1.05. The summed E-state index contributed by atoms with van der Waals surface area (Å²) >= 11 is 0. The van der Waals surface area contributed by atoms with Gasteiger partial charge in [-0.1, -0.05) is 12.8 Å². The van der Waals surface area contributed by atoms with Gasteiger partial charge in [-0.3, -0.25) is 5.01 Å². The lowest BCUT2D eigenvalue weighted by Gasteiger charge is -2.21. The van der Waals surface area contributed by atoms with Gasteiger partial charge in [-0.25, -0.2) is 0 Å². The number of rotatable bonds is 7. The zero-order chi connectivity index (χ0) is 8.53. The zero-order valence-electron chi connectivity index (χ0n) is 7.05. The molecule has 0 atom stereocenters. The van der Waals surface area contributed by atoms with Crippen LogP contribution in [0.2, 0.25) is 0 Å². The first-order chi connectivity index (χ1) is 5.31. The van der Waals surface area contributed by atoms with E-state index in [0.29, 0.717) is 0 Å². The van der Waals surface area contributed by atoms with E-state index in [1.54, 1.807) is 12.6 Å². The van der Waals surface area contributed by atoms with Crippen LogP contribution in [0, 0.1) is 5.21 Å². The average molecular weight is 161 g/mol. The molecule has 0 radical (unpaired) electrons. The maximum absolute atomic E-state index is 9.99. The van der Waals surface area contributed by atoms with Gasteiger partial charge in [0.1, 0.15) is 0 Å². The van der Waals surface area contributed by atoms with Crippen molar-refractivity contribution in [1.82, 2.24) is 10.6 Å². The number of unbranched alkanes of at least 4 members (excludes halogenated alkanes) is 3. The normalized spacial score (nSPS) is 10.9. The highest BCUT2D eigenvalue weighted by molar-refractivity contribution is 4.47. The van der Waals surface area contributed by atoms with Crippen molar-refractivity contribution in [2.75, 3.05) is 20.2 Å². The molecule has 68 valence electrons. The minimum absolute atomic E-state index is 0.273. The lowest BCUT2D eigenvalue weighted by molar-refractivity contribution is 0.261. The number of nitrogens with one attached hydrogen (secondary N) is 1. The van der Waals surface area contributed by atoms with E-state index in [2.05, 4.69) is 0 Å². The fraction of sp³-hybridized carbons (Fsp3) is 1.00. The smallest absolute Gasteiger partial charge is 0.0431 e. The van der Waals surface area contributed by atoms with E-state index in [-0.39, 0.29) is 6.61 Å². The molecule has 0 aromatic carbocycles. The van der Waals surface area contributed by atoms with Crippen LogP contribution in [0.1, 0.15) is 25.7 Å². The van der Waals surface area contributed by atoms with E-state index >= 15 is 0 Å². The van der Waals surface area contributed by atoms with E-state index in [0.717, 1.165) is 32.2 Å². The van der Waals surface area contributed by atoms with Gasteiger partial charge in [0.2, 0.25) is 0 Å². The lowest BCUT2D eigenvalue weighted by Crippen LogP contribution is -2.30. The molecular weight excluding hydrogens is 144 g/mol. The van der Waals surface area contributed by atoms with Crippen molar-refractivity contribution in [3.05, 3.63) is 5.21 Å². The second-order valence-corrected chi connectivity index (χ2v) is 2.65. The third-order valence-electron chi connectivity index (χ3n) is 1.56. The van der Waals surface area contributed by atoms with Gasteiger partial charge in [0.05, 0.1) is 0 Å². The van der Waals surface area contributed by atoms with Crippen molar-refractivity contribution in [1.29, 1.82) is 0 Å². The molecule has 0 saturated heterocycles. The van der Waals surface area contributed by atoms with Crippen molar-refractivity contribution < 1.29 is 5.11 Å². The molecule has 0 fully saturated rings. The molecule has 0 heterocycles. The van der Waals surface area contributed by atoms with Crippen LogP contribution in [0.15, 0.2) is 0 Å². The van der Waals surface area contributed by atoms with E-state index in [4.69, 9.17) is 5.11 Å². The minimum Gasteiger partial charge on any atom is -0.774 e. The molecule has 0 bridgehead atoms. The summed E-state index contributed by atoms with van der Waals surface area (Å²) in [5.41, 5.74) is 1.79. The summed E-state index contributed by atoms with van der Waals surface area (Å²) in [4.78, 5) is 0. The largest absolute Gasteiger partial charge is 0.774 e. The second kappa shape index (κ2) is 7.94. The first-order valence-corrected chi connectivity index (χ1v) is 4.01. The Labute approximate surface area is 67.8 Å². The van der Waals surface area contributed by atoms with Crippen LogP contribution >= 0.6 is 0 Å². The van der Waals surface area contributed by atoms with Crippen molar-refractivity contribution in [3.63, 3.8) is 0 Å². The minimum atomic E-state index is 0.273. The summed E-state index contributed by atoms with van der Waals surface area (Å²) in [7, 11) is 1.72. The van der Waals surface area contributed by atoms with Crippen LogP contribution in [0.25, 0.3) is 0 Å². The summed E-state index contributed by atoms with van der Waals surface area (Å²) in [5, 5.41) is 19.9. The van der Waals surface area contributed by atoms with Gasteiger partial charge in [0, 0.05) is 20.2 Å². The van der Waals surface area contributed by atoms with Crippen LogP contribution < -0.4 is 5.59 Å². The van der Waals surface area contributed by atoms with E-state index in [1.165, 1.54) is 5.01 Å². The molecule has 4 nitrogen and oxygen atoms in total. The monoisotopic (exact) mass is 161 g/mol. The molecule has 0 rings (SSSR count). The second-order valence-electron chi connectivity index (χ2n) is 2.65. The lowest BCUT2D eigenvalue weighted by atomic mass is 10.2. The molecule has 0 aliphatic heterocycles. The molecule has 0 aromatic heterocycles. The van der Waals surface area contributed by atoms with Gasteiger partial charge in [0.15, 0.2) is 0 Å². The highest BCUT2D eigenvalue weighted by Crippen LogP contribution is 1.98.